The molecule has 1 aliphatic rings. The second kappa shape index (κ2) is 5.36. The van der Waals surface area contributed by atoms with Gasteiger partial charge in [0.1, 0.15) is 12.1 Å². The quantitative estimate of drug-likeness (QED) is 0.699. The van der Waals surface area contributed by atoms with Crippen molar-refractivity contribution < 1.29 is 19.5 Å². The fourth-order valence-corrected chi connectivity index (χ4v) is 3.04. The number of quaternary nitrogens is 1. The number of carboxylic acid groups (broad SMARTS) is 1. The van der Waals surface area contributed by atoms with Gasteiger partial charge in [-0.1, -0.05) is 19.3 Å². The highest BCUT2D eigenvalue weighted by Gasteiger charge is 2.41. The Labute approximate surface area is 104 Å². The Morgan fingerprint density at radius 1 is 1.29 bits per heavy atom. The van der Waals surface area contributed by atoms with E-state index < -0.39 is 11.6 Å². The van der Waals surface area contributed by atoms with Gasteiger partial charge in [-0.05, 0) is 18.8 Å². The number of aliphatic hydroxyl groups is 1. The van der Waals surface area contributed by atoms with Crippen LogP contribution in [0.3, 0.4) is 0 Å². The molecule has 0 aromatic rings. The predicted octanol–water partition coefficient (Wildman–Crippen LogP) is 0.144. The first-order valence-electron chi connectivity index (χ1n) is 6.46. The SMILES string of the molecule is C[N+](C)(C)CC(O)(CC(=O)[O-])C1CCCCC1. The zero-order valence-electron chi connectivity index (χ0n) is 11.2. The number of carbonyl (C=O) groups is 1. The number of likely N-dealkylation sites (N-methyl/N-ethyl adjacent to an activating group) is 1. The molecule has 0 amide bonds. The minimum absolute atomic E-state index is 0.103. The Hall–Kier alpha value is -0.610. The first-order chi connectivity index (χ1) is 7.73. The zero-order chi connectivity index (χ0) is 13.1. The molecule has 1 rings (SSSR count). The molecular weight excluding hydrogens is 218 g/mol. The Bertz CT molecular complexity index is 266. The number of carbonyl (C=O) groups excluding carboxylic acids is 1. The average Bonchev–Trinajstić information content (AvgIpc) is 2.14. The Morgan fingerprint density at radius 2 is 1.82 bits per heavy atom. The van der Waals surface area contributed by atoms with E-state index in [-0.39, 0.29) is 12.3 Å². The first kappa shape index (κ1) is 14.5. The molecule has 1 aliphatic carbocycles. The predicted molar refractivity (Wildman–Crippen MR) is 64.0 cm³/mol. The summed E-state index contributed by atoms with van der Waals surface area (Å²) in [5.41, 5.74) is -1.11. The van der Waals surface area contributed by atoms with Crippen LogP contribution in [0.2, 0.25) is 0 Å². The number of aliphatic carboxylic acids is 1. The molecule has 0 spiro atoms. The number of rotatable bonds is 5. The maximum Gasteiger partial charge on any atom is 0.121 e. The molecule has 1 saturated carbocycles. The molecule has 1 unspecified atom stereocenters. The molecule has 0 aromatic carbocycles. The lowest BCUT2D eigenvalue weighted by molar-refractivity contribution is -0.877. The van der Waals surface area contributed by atoms with Crippen LogP contribution in [0.25, 0.3) is 0 Å². The summed E-state index contributed by atoms with van der Waals surface area (Å²) in [6.07, 6.45) is 5.01. The molecule has 0 heterocycles. The van der Waals surface area contributed by atoms with Crippen LogP contribution in [0.5, 0.6) is 0 Å². The van der Waals surface area contributed by atoms with E-state index >= 15 is 0 Å². The molecule has 0 aromatic heterocycles. The summed E-state index contributed by atoms with van der Waals surface area (Å²) in [4.78, 5) is 10.9. The van der Waals surface area contributed by atoms with Crippen molar-refractivity contribution in [2.75, 3.05) is 27.7 Å². The van der Waals surface area contributed by atoms with E-state index in [2.05, 4.69) is 0 Å². The summed E-state index contributed by atoms with van der Waals surface area (Å²) < 4.78 is 0.570. The second-order valence-electron chi connectivity index (χ2n) is 6.44. The Balaban J connectivity index is 2.79. The summed E-state index contributed by atoms with van der Waals surface area (Å²) in [5, 5.41) is 21.6. The van der Waals surface area contributed by atoms with Gasteiger partial charge in [-0.25, -0.2) is 0 Å². The van der Waals surface area contributed by atoms with Crippen LogP contribution in [-0.2, 0) is 4.79 Å². The highest BCUT2D eigenvalue weighted by Crippen LogP contribution is 2.35. The third-order valence-electron chi connectivity index (χ3n) is 3.56. The molecule has 1 N–H and O–H groups in total. The van der Waals surface area contributed by atoms with Crippen LogP contribution in [0.1, 0.15) is 38.5 Å². The minimum atomic E-state index is -1.15. The van der Waals surface area contributed by atoms with E-state index in [0.717, 1.165) is 25.7 Å². The van der Waals surface area contributed by atoms with Crippen molar-refractivity contribution in [3.8, 4) is 0 Å². The highest BCUT2D eigenvalue weighted by molar-refractivity contribution is 5.65. The van der Waals surface area contributed by atoms with Gasteiger partial charge < -0.3 is 19.5 Å². The largest absolute Gasteiger partial charge is 0.550 e. The van der Waals surface area contributed by atoms with Crippen molar-refractivity contribution in [3.63, 3.8) is 0 Å². The highest BCUT2D eigenvalue weighted by atomic mass is 16.4. The molecule has 0 radical (unpaired) electrons. The lowest BCUT2D eigenvalue weighted by atomic mass is 9.74. The first-order valence-corrected chi connectivity index (χ1v) is 6.46. The molecule has 4 nitrogen and oxygen atoms in total. The normalized spacial score (nSPS) is 22.1. The standard InChI is InChI=1S/C13H25NO3/c1-14(2,3)10-13(17,9-12(15)16)11-7-5-4-6-8-11/h11,17H,4-10H2,1-3H3. The Kier molecular flexibility index (Phi) is 4.55. The monoisotopic (exact) mass is 243 g/mol. The summed E-state index contributed by atoms with van der Waals surface area (Å²) in [7, 11) is 5.93. The van der Waals surface area contributed by atoms with Gasteiger partial charge in [-0.3, -0.25) is 0 Å². The lowest BCUT2D eigenvalue weighted by Gasteiger charge is -2.42. The van der Waals surface area contributed by atoms with Crippen molar-refractivity contribution in [2.24, 2.45) is 5.92 Å². The van der Waals surface area contributed by atoms with Gasteiger partial charge in [-0.2, -0.15) is 0 Å². The van der Waals surface area contributed by atoms with Crippen molar-refractivity contribution >= 4 is 5.97 Å². The molecule has 100 valence electrons. The molecule has 1 fully saturated rings. The Morgan fingerprint density at radius 3 is 2.24 bits per heavy atom. The third kappa shape index (κ3) is 4.64. The van der Waals surface area contributed by atoms with Crippen LogP contribution >= 0.6 is 0 Å². The summed E-state index contributed by atoms with van der Waals surface area (Å²) in [5.74, 6) is -1.04. The summed E-state index contributed by atoms with van der Waals surface area (Å²) in [6.45, 7) is 0.464. The van der Waals surface area contributed by atoms with Gasteiger partial charge in [0, 0.05) is 12.4 Å². The number of nitrogens with zero attached hydrogens (tertiary/aromatic N) is 1. The molecule has 0 bridgehead atoms. The average molecular weight is 243 g/mol. The van der Waals surface area contributed by atoms with Gasteiger partial charge in [0.2, 0.25) is 0 Å². The van der Waals surface area contributed by atoms with Crippen molar-refractivity contribution in [3.05, 3.63) is 0 Å². The smallest absolute Gasteiger partial charge is 0.121 e. The van der Waals surface area contributed by atoms with Gasteiger partial charge in [0.15, 0.2) is 0 Å². The van der Waals surface area contributed by atoms with Crippen LogP contribution in [-0.4, -0.2) is 48.8 Å². The lowest BCUT2D eigenvalue weighted by Crippen LogP contribution is -2.55. The van der Waals surface area contributed by atoms with Crippen LogP contribution in [0.4, 0.5) is 0 Å². The zero-order valence-corrected chi connectivity index (χ0v) is 11.2. The molecule has 17 heavy (non-hydrogen) atoms. The van der Waals surface area contributed by atoms with Crippen molar-refractivity contribution in [1.29, 1.82) is 0 Å². The molecule has 1 atom stereocenters. The summed E-state index contributed by atoms with van der Waals surface area (Å²) in [6, 6.07) is 0. The fourth-order valence-electron chi connectivity index (χ4n) is 3.04. The molecule has 4 heteroatoms. The number of carboxylic acids is 1. The maximum atomic E-state index is 10.9. The van der Waals surface area contributed by atoms with Crippen LogP contribution in [0.15, 0.2) is 0 Å². The van der Waals surface area contributed by atoms with E-state index in [1.807, 2.05) is 21.1 Å². The van der Waals surface area contributed by atoms with Crippen molar-refractivity contribution in [1.82, 2.24) is 0 Å². The van der Waals surface area contributed by atoms with E-state index in [4.69, 9.17) is 0 Å². The van der Waals surface area contributed by atoms with Crippen LogP contribution < -0.4 is 5.11 Å². The van der Waals surface area contributed by atoms with Gasteiger partial charge in [0.25, 0.3) is 0 Å². The maximum absolute atomic E-state index is 10.9. The van der Waals surface area contributed by atoms with Crippen molar-refractivity contribution in [2.45, 2.75) is 44.1 Å². The topological polar surface area (TPSA) is 60.4 Å². The van der Waals surface area contributed by atoms with E-state index in [1.165, 1.54) is 6.42 Å². The van der Waals surface area contributed by atoms with Gasteiger partial charge in [0.05, 0.1) is 21.1 Å². The molecule has 0 saturated heterocycles. The third-order valence-corrected chi connectivity index (χ3v) is 3.56. The fraction of sp³-hybridized carbons (Fsp3) is 0.923. The number of hydrogen-bond donors (Lipinski definition) is 1. The summed E-state index contributed by atoms with van der Waals surface area (Å²) >= 11 is 0. The molecular formula is C13H25NO3. The van der Waals surface area contributed by atoms with E-state index in [0.29, 0.717) is 11.0 Å². The minimum Gasteiger partial charge on any atom is -0.550 e. The van der Waals surface area contributed by atoms with Crippen LogP contribution in [0, 0.1) is 5.92 Å². The van der Waals surface area contributed by atoms with E-state index in [9.17, 15) is 15.0 Å². The van der Waals surface area contributed by atoms with E-state index in [1.54, 1.807) is 0 Å². The van der Waals surface area contributed by atoms with Gasteiger partial charge in [-0.15, -0.1) is 0 Å². The second-order valence-corrected chi connectivity index (χ2v) is 6.44. The van der Waals surface area contributed by atoms with Gasteiger partial charge >= 0.3 is 0 Å². The molecule has 0 aliphatic heterocycles. The number of hydrogen-bond acceptors (Lipinski definition) is 3.